The highest BCUT2D eigenvalue weighted by Crippen LogP contribution is 2.27. The number of benzene rings is 2. The van der Waals surface area contributed by atoms with Crippen LogP contribution in [0.25, 0.3) is 10.9 Å². The lowest BCUT2D eigenvalue weighted by Crippen LogP contribution is -2.33. The number of nitrogens with zero attached hydrogens (tertiary/aromatic N) is 1. The number of H-pyrrole nitrogens is 1. The van der Waals surface area contributed by atoms with Crippen LogP contribution in [-0.4, -0.2) is 29.4 Å². The summed E-state index contributed by atoms with van der Waals surface area (Å²) in [7, 11) is -4.16. The Labute approximate surface area is 145 Å². The molecule has 26 heavy (non-hydrogen) atoms. The molecule has 0 radical (unpaired) electrons. The minimum atomic E-state index is -4.16. The number of hydrogen-bond donors (Lipinski definition) is 4. The van der Waals surface area contributed by atoms with Crippen molar-refractivity contribution >= 4 is 32.5 Å². The van der Waals surface area contributed by atoms with Crippen LogP contribution in [-0.2, 0) is 9.84 Å². The van der Waals surface area contributed by atoms with Crippen molar-refractivity contribution in [2.45, 2.75) is 9.79 Å². The molecule has 2 aromatic carbocycles. The molecule has 0 aliphatic rings. The normalized spacial score (nSPS) is 11.4. The van der Waals surface area contributed by atoms with Crippen molar-refractivity contribution in [1.29, 1.82) is 0 Å². The van der Waals surface area contributed by atoms with Gasteiger partial charge in [0.05, 0.1) is 20.7 Å². The summed E-state index contributed by atoms with van der Waals surface area (Å²) in [5.74, 6) is 0. The third-order valence-corrected chi connectivity index (χ3v) is 5.37. The zero-order valence-electron chi connectivity index (χ0n) is 13.0. The van der Waals surface area contributed by atoms with Gasteiger partial charge in [-0.1, -0.05) is 16.9 Å². The molecule has 3 rings (SSSR count). The van der Waals surface area contributed by atoms with E-state index in [0.29, 0.717) is 0 Å². The minimum absolute atomic E-state index is 0.143. The molecule has 1 aromatic heterocycles. The SMILES string of the molecule is NC(=O)Nc1cccc(S(=O)(=O)c2cccc3c(=O)n(O)c(=O)[nH]c23)c1. The van der Waals surface area contributed by atoms with Crippen LogP contribution in [0.1, 0.15) is 0 Å². The Morgan fingerprint density at radius 3 is 2.54 bits per heavy atom. The fraction of sp³-hybridized carbons (Fsp3) is 0. The predicted octanol–water partition coefficient (Wildman–Crippen LogP) is 0.251. The molecule has 3 aromatic rings. The number of amides is 2. The largest absolute Gasteiger partial charge is 0.421 e. The summed E-state index contributed by atoms with van der Waals surface area (Å²) in [4.78, 5) is 36.2. The number of sulfone groups is 1. The van der Waals surface area contributed by atoms with Crippen LogP contribution in [0.4, 0.5) is 10.5 Å². The predicted molar refractivity (Wildman–Crippen MR) is 91.1 cm³/mol. The van der Waals surface area contributed by atoms with Crippen LogP contribution >= 0.6 is 0 Å². The summed E-state index contributed by atoms with van der Waals surface area (Å²) in [6.45, 7) is 0. The molecule has 0 saturated heterocycles. The molecule has 0 spiro atoms. The summed E-state index contributed by atoms with van der Waals surface area (Å²) in [6.07, 6.45) is 0. The van der Waals surface area contributed by atoms with E-state index in [-0.39, 0.29) is 31.1 Å². The van der Waals surface area contributed by atoms with Crippen molar-refractivity contribution < 1.29 is 18.4 Å². The molecule has 0 unspecified atom stereocenters. The van der Waals surface area contributed by atoms with Crippen molar-refractivity contribution in [3.63, 3.8) is 0 Å². The Morgan fingerprint density at radius 1 is 1.15 bits per heavy atom. The molecular formula is C15H12N4O6S. The second kappa shape index (κ2) is 6.04. The number of nitrogens with one attached hydrogen (secondary N) is 2. The molecule has 11 heteroatoms. The van der Waals surface area contributed by atoms with Gasteiger partial charge in [0.15, 0.2) is 0 Å². The van der Waals surface area contributed by atoms with E-state index in [0.717, 1.165) is 0 Å². The van der Waals surface area contributed by atoms with Gasteiger partial charge in [-0.2, -0.15) is 0 Å². The van der Waals surface area contributed by atoms with Crippen LogP contribution in [0.2, 0.25) is 0 Å². The Bertz CT molecular complexity index is 1260. The fourth-order valence-electron chi connectivity index (χ4n) is 2.44. The first-order valence-corrected chi connectivity index (χ1v) is 8.59. The highest BCUT2D eigenvalue weighted by Gasteiger charge is 2.23. The smallest absolute Gasteiger partial charge is 0.362 e. The van der Waals surface area contributed by atoms with Crippen LogP contribution in [0.3, 0.4) is 0 Å². The number of rotatable bonds is 3. The van der Waals surface area contributed by atoms with E-state index in [1.165, 1.54) is 42.5 Å². The molecule has 0 aliphatic carbocycles. The van der Waals surface area contributed by atoms with Crippen LogP contribution in [0.15, 0.2) is 61.8 Å². The Hall–Kier alpha value is -3.60. The highest BCUT2D eigenvalue weighted by atomic mass is 32.2. The van der Waals surface area contributed by atoms with E-state index in [1.807, 2.05) is 0 Å². The summed E-state index contributed by atoms with van der Waals surface area (Å²) < 4.78 is 25.8. The van der Waals surface area contributed by atoms with E-state index in [9.17, 15) is 28.0 Å². The maximum absolute atomic E-state index is 13.0. The van der Waals surface area contributed by atoms with Gasteiger partial charge in [0.1, 0.15) is 0 Å². The number of hydrogen-bond acceptors (Lipinski definition) is 6. The number of para-hydroxylation sites is 1. The van der Waals surface area contributed by atoms with Crippen LogP contribution in [0.5, 0.6) is 0 Å². The van der Waals surface area contributed by atoms with Gasteiger partial charge in [0, 0.05) is 5.69 Å². The first-order valence-electron chi connectivity index (χ1n) is 7.11. The molecular weight excluding hydrogens is 364 g/mol. The van der Waals surface area contributed by atoms with Gasteiger partial charge in [0.2, 0.25) is 9.84 Å². The number of carbonyl (C=O) groups excluding carboxylic acids is 1. The van der Waals surface area contributed by atoms with E-state index in [1.54, 1.807) is 0 Å². The number of urea groups is 1. The van der Waals surface area contributed by atoms with Crippen molar-refractivity contribution in [1.82, 2.24) is 9.71 Å². The Kier molecular flexibility index (Phi) is 4.00. The number of fused-ring (bicyclic) bond motifs is 1. The monoisotopic (exact) mass is 376 g/mol. The average molecular weight is 376 g/mol. The molecule has 2 amide bonds. The molecule has 0 aliphatic heterocycles. The number of aromatic amines is 1. The topological polar surface area (TPSA) is 164 Å². The number of aromatic nitrogens is 2. The molecule has 10 nitrogen and oxygen atoms in total. The van der Waals surface area contributed by atoms with E-state index >= 15 is 0 Å². The molecule has 1 heterocycles. The highest BCUT2D eigenvalue weighted by molar-refractivity contribution is 7.91. The summed E-state index contributed by atoms with van der Waals surface area (Å²) in [5, 5.41) is 11.5. The number of anilines is 1. The lowest BCUT2D eigenvalue weighted by Gasteiger charge is -2.10. The first-order chi connectivity index (χ1) is 12.2. The van der Waals surface area contributed by atoms with Gasteiger partial charge in [-0.25, -0.2) is 18.0 Å². The standard InChI is InChI=1S/C15H12N4O6S/c16-14(21)17-8-3-1-4-9(7-8)26(24,25)11-6-2-5-10-12(11)18-15(22)19(23)13(10)20/h1-7,23H,(H,18,22)(H3,16,17,21). The fourth-order valence-corrected chi connectivity index (χ4v) is 3.92. The zero-order chi connectivity index (χ0) is 19.1. The van der Waals surface area contributed by atoms with Crippen molar-refractivity contribution in [3.8, 4) is 0 Å². The Morgan fingerprint density at radius 2 is 1.85 bits per heavy atom. The number of primary amides is 1. The third kappa shape index (κ3) is 2.80. The summed E-state index contributed by atoms with van der Waals surface area (Å²) >= 11 is 0. The van der Waals surface area contributed by atoms with E-state index < -0.39 is 27.1 Å². The lowest BCUT2D eigenvalue weighted by atomic mass is 10.2. The average Bonchev–Trinajstić information content (AvgIpc) is 2.59. The minimum Gasteiger partial charge on any atom is -0.421 e. The molecule has 0 fully saturated rings. The third-order valence-electron chi connectivity index (χ3n) is 3.57. The maximum atomic E-state index is 13.0. The van der Waals surface area contributed by atoms with E-state index in [4.69, 9.17) is 5.73 Å². The van der Waals surface area contributed by atoms with Gasteiger partial charge in [0.25, 0.3) is 5.56 Å². The van der Waals surface area contributed by atoms with E-state index in [2.05, 4.69) is 10.3 Å². The van der Waals surface area contributed by atoms with Crippen LogP contribution < -0.4 is 22.3 Å². The van der Waals surface area contributed by atoms with Gasteiger partial charge in [-0.15, -0.1) is 0 Å². The second-order valence-corrected chi connectivity index (χ2v) is 7.16. The van der Waals surface area contributed by atoms with Crippen molar-refractivity contribution in [3.05, 3.63) is 63.3 Å². The van der Waals surface area contributed by atoms with Crippen molar-refractivity contribution in [2.75, 3.05) is 5.32 Å². The van der Waals surface area contributed by atoms with Gasteiger partial charge in [-0.05, 0) is 30.3 Å². The number of nitrogens with two attached hydrogens (primary N) is 1. The van der Waals surface area contributed by atoms with Crippen LogP contribution in [0, 0.1) is 0 Å². The van der Waals surface area contributed by atoms with Gasteiger partial charge < -0.3 is 21.2 Å². The van der Waals surface area contributed by atoms with Gasteiger partial charge >= 0.3 is 11.7 Å². The molecule has 5 N–H and O–H groups in total. The first kappa shape index (κ1) is 17.2. The maximum Gasteiger partial charge on any atom is 0.362 e. The zero-order valence-corrected chi connectivity index (χ0v) is 13.8. The molecule has 0 bridgehead atoms. The van der Waals surface area contributed by atoms with Crippen molar-refractivity contribution in [2.24, 2.45) is 5.73 Å². The second-order valence-electron chi connectivity index (χ2n) is 5.25. The lowest BCUT2D eigenvalue weighted by molar-refractivity contribution is 0.162. The summed E-state index contributed by atoms with van der Waals surface area (Å²) in [6, 6.07) is 8.23. The molecule has 0 atom stereocenters. The molecule has 134 valence electrons. The molecule has 0 saturated carbocycles. The Balaban J connectivity index is 2.28. The summed E-state index contributed by atoms with van der Waals surface area (Å²) in [5.41, 5.74) is 2.72. The van der Waals surface area contributed by atoms with Gasteiger partial charge in [-0.3, -0.25) is 4.79 Å². The quantitative estimate of drug-likeness (QED) is 0.478. The number of carbonyl (C=O) groups is 1.